The molecule has 7 heteroatoms. The second-order valence-electron chi connectivity index (χ2n) is 4.83. The summed E-state index contributed by atoms with van der Waals surface area (Å²) >= 11 is 0. The quantitative estimate of drug-likeness (QED) is 0.758. The summed E-state index contributed by atoms with van der Waals surface area (Å²) < 4.78 is 39.1. The van der Waals surface area contributed by atoms with Crippen molar-refractivity contribution in [1.82, 2.24) is 0 Å². The fourth-order valence-corrected chi connectivity index (χ4v) is 2.43. The molecule has 0 saturated carbocycles. The van der Waals surface area contributed by atoms with Gasteiger partial charge in [-0.25, -0.2) is 4.90 Å². The van der Waals surface area contributed by atoms with E-state index in [9.17, 15) is 22.8 Å². The van der Waals surface area contributed by atoms with Gasteiger partial charge in [-0.3, -0.25) is 9.59 Å². The van der Waals surface area contributed by atoms with Crippen LogP contribution in [0.15, 0.2) is 42.5 Å². The molecule has 1 aliphatic heterocycles. The molecule has 0 spiro atoms. The first-order chi connectivity index (χ1) is 10.8. The van der Waals surface area contributed by atoms with Crippen molar-refractivity contribution in [3.8, 4) is 6.07 Å². The number of nitriles is 1. The fourth-order valence-electron chi connectivity index (χ4n) is 2.43. The topological polar surface area (TPSA) is 61.2 Å². The normalized spacial score (nSPS) is 13.9. The average molecular weight is 316 g/mol. The van der Waals surface area contributed by atoms with Crippen LogP contribution in [0.3, 0.4) is 0 Å². The van der Waals surface area contributed by atoms with Crippen LogP contribution in [0, 0.1) is 11.3 Å². The van der Waals surface area contributed by atoms with Crippen LogP contribution in [0.2, 0.25) is 0 Å². The summed E-state index contributed by atoms with van der Waals surface area (Å²) in [5.74, 6) is -1.38. The minimum atomic E-state index is -4.76. The lowest BCUT2D eigenvalue weighted by Gasteiger charge is -2.17. The highest BCUT2D eigenvalue weighted by atomic mass is 19.4. The Morgan fingerprint density at radius 1 is 0.957 bits per heavy atom. The molecule has 1 aliphatic rings. The van der Waals surface area contributed by atoms with Crippen LogP contribution in [0.1, 0.15) is 31.8 Å². The number of nitrogens with zero attached hydrogens (tertiary/aromatic N) is 2. The van der Waals surface area contributed by atoms with Gasteiger partial charge in [-0.1, -0.05) is 12.1 Å². The molecule has 0 fully saturated rings. The third-order valence-corrected chi connectivity index (χ3v) is 3.48. The number of alkyl halides is 3. The summed E-state index contributed by atoms with van der Waals surface area (Å²) in [4.78, 5) is 25.2. The van der Waals surface area contributed by atoms with Gasteiger partial charge in [0, 0.05) is 0 Å². The summed E-state index contributed by atoms with van der Waals surface area (Å²) in [6.45, 7) is 0. The third kappa shape index (κ3) is 2.25. The maximum absolute atomic E-state index is 13.0. The highest BCUT2D eigenvalue weighted by Crippen LogP contribution is 2.36. The summed E-state index contributed by atoms with van der Waals surface area (Å²) in [5, 5.41) is 8.79. The highest BCUT2D eigenvalue weighted by Gasteiger charge is 2.39. The van der Waals surface area contributed by atoms with Gasteiger partial charge in [0.25, 0.3) is 11.8 Å². The Morgan fingerprint density at radius 3 is 2.00 bits per heavy atom. The second-order valence-corrected chi connectivity index (χ2v) is 4.83. The Bertz CT molecular complexity index is 847. The van der Waals surface area contributed by atoms with Gasteiger partial charge in [-0.15, -0.1) is 0 Å². The summed E-state index contributed by atoms with van der Waals surface area (Å²) in [6, 6.07) is 10.2. The van der Waals surface area contributed by atoms with Crippen molar-refractivity contribution in [3.63, 3.8) is 0 Å². The molecule has 0 aromatic heterocycles. The second kappa shape index (κ2) is 4.95. The zero-order valence-corrected chi connectivity index (χ0v) is 11.4. The fraction of sp³-hybridized carbons (Fsp3) is 0.0625. The van der Waals surface area contributed by atoms with Gasteiger partial charge in [0.2, 0.25) is 0 Å². The molecule has 0 aliphatic carbocycles. The molecule has 2 amide bonds. The molecule has 23 heavy (non-hydrogen) atoms. The van der Waals surface area contributed by atoms with Crippen LogP contribution >= 0.6 is 0 Å². The van der Waals surface area contributed by atoms with Crippen molar-refractivity contribution in [3.05, 3.63) is 64.7 Å². The lowest BCUT2D eigenvalue weighted by Crippen LogP contribution is -2.29. The summed E-state index contributed by atoms with van der Waals surface area (Å²) in [5.41, 5.74) is -1.71. The Hall–Kier alpha value is -3.14. The molecule has 3 rings (SSSR count). The van der Waals surface area contributed by atoms with E-state index in [4.69, 9.17) is 5.26 Å². The molecule has 2 aromatic rings. The first kappa shape index (κ1) is 14.8. The zero-order valence-electron chi connectivity index (χ0n) is 11.4. The predicted molar refractivity (Wildman–Crippen MR) is 73.7 cm³/mol. The van der Waals surface area contributed by atoms with Crippen molar-refractivity contribution < 1.29 is 22.8 Å². The van der Waals surface area contributed by atoms with Gasteiger partial charge < -0.3 is 0 Å². The molecule has 0 bridgehead atoms. The maximum atomic E-state index is 13.0. The first-order valence-corrected chi connectivity index (χ1v) is 6.44. The Morgan fingerprint density at radius 2 is 1.52 bits per heavy atom. The molecule has 2 aromatic carbocycles. The van der Waals surface area contributed by atoms with E-state index in [2.05, 4.69) is 0 Å². The number of fused-ring (bicyclic) bond motifs is 1. The largest absolute Gasteiger partial charge is 0.417 e. The Kier molecular flexibility index (Phi) is 3.18. The minimum absolute atomic E-state index is 0.135. The third-order valence-electron chi connectivity index (χ3n) is 3.48. The van der Waals surface area contributed by atoms with E-state index < -0.39 is 29.1 Å². The van der Waals surface area contributed by atoms with Crippen LogP contribution in [0.5, 0.6) is 0 Å². The smallest absolute Gasteiger partial charge is 0.268 e. The van der Waals surface area contributed by atoms with Gasteiger partial charge in [0.15, 0.2) is 0 Å². The number of rotatable bonds is 1. The van der Waals surface area contributed by atoms with Crippen molar-refractivity contribution in [1.29, 1.82) is 5.26 Å². The number of imide groups is 1. The van der Waals surface area contributed by atoms with E-state index >= 15 is 0 Å². The number of carbonyl (C=O) groups is 2. The number of hydrogen-bond acceptors (Lipinski definition) is 3. The molecule has 1 heterocycles. The SMILES string of the molecule is N#Cc1ccc(N2C(=O)c3ccccc3C2=O)cc1C(F)(F)F. The molecule has 0 radical (unpaired) electrons. The zero-order chi connectivity index (χ0) is 16.8. The van der Waals surface area contributed by atoms with Crippen LogP contribution in [0.4, 0.5) is 18.9 Å². The Balaban J connectivity index is 2.13. The standard InChI is InChI=1S/C16H7F3N2O2/c17-16(18,19)13-7-10(6-5-9(13)8-20)21-14(22)11-3-1-2-4-12(11)15(21)23/h1-7H. The van der Waals surface area contributed by atoms with Gasteiger partial charge in [-0.05, 0) is 30.3 Å². The molecule has 0 saturated heterocycles. The maximum Gasteiger partial charge on any atom is 0.417 e. The lowest BCUT2D eigenvalue weighted by molar-refractivity contribution is -0.137. The summed E-state index contributed by atoms with van der Waals surface area (Å²) in [7, 11) is 0. The van der Waals surface area contributed by atoms with Crippen LogP contribution < -0.4 is 4.90 Å². The van der Waals surface area contributed by atoms with Gasteiger partial charge in [0.05, 0.1) is 34.0 Å². The van der Waals surface area contributed by atoms with Gasteiger partial charge in [0.1, 0.15) is 0 Å². The number of hydrogen-bond donors (Lipinski definition) is 0. The predicted octanol–water partition coefficient (Wildman–Crippen LogP) is 3.38. The van der Waals surface area contributed by atoms with E-state index in [1.54, 1.807) is 12.1 Å². The Labute approximate surface area is 128 Å². The average Bonchev–Trinajstić information content (AvgIpc) is 2.78. The van der Waals surface area contributed by atoms with Crippen molar-refractivity contribution >= 4 is 17.5 Å². The molecule has 4 nitrogen and oxygen atoms in total. The van der Waals surface area contributed by atoms with E-state index in [0.29, 0.717) is 11.0 Å². The molecular weight excluding hydrogens is 309 g/mol. The van der Waals surface area contributed by atoms with Crippen LogP contribution in [0.25, 0.3) is 0 Å². The molecular formula is C16H7F3N2O2. The molecule has 0 atom stereocenters. The number of halogens is 3. The number of amides is 2. The minimum Gasteiger partial charge on any atom is -0.268 e. The van der Waals surface area contributed by atoms with Crippen molar-refractivity contribution in [2.24, 2.45) is 0 Å². The van der Waals surface area contributed by atoms with E-state index in [1.807, 2.05) is 0 Å². The first-order valence-electron chi connectivity index (χ1n) is 6.44. The van der Waals surface area contributed by atoms with Gasteiger partial charge in [-0.2, -0.15) is 18.4 Å². The molecule has 0 unspecified atom stereocenters. The monoisotopic (exact) mass is 316 g/mol. The lowest BCUT2D eigenvalue weighted by atomic mass is 10.1. The number of anilines is 1. The number of carbonyl (C=O) groups excluding carboxylic acids is 2. The number of benzene rings is 2. The van der Waals surface area contributed by atoms with Gasteiger partial charge >= 0.3 is 6.18 Å². The van der Waals surface area contributed by atoms with Crippen molar-refractivity contribution in [2.75, 3.05) is 4.90 Å². The van der Waals surface area contributed by atoms with E-state index in [-0.39, 0.29) is 16.8 Å². The molecule has 114 valence electrons. The van der Waals surface area contributed by atoms with E-state index in [0.717, 1.165) is 12.1 Å². The van der Waals surface area contributed by atoms with Crippen LogP contribution in [-0.2, 0) is 6.18 Å². The highest BCUT2D eigenvalue weighted by molar-refractivity contribution is 6.34. The molecule has 0 N–H and O–H groups in total. The van der Waals surface area contributed by atoms with E-state index in [1.165, 1.54) is 18.2 Å². The van der Waals surface area contributed by atoms with Crippen LogP contribution in [-0.4, -0.2) is 11.8 Å². The van der Waals surface area contributed by atoms with Crippen molar-refractivity contribution in [2.45, 2.75) is 6.18 Å². The summed E-state index contributed by atoms with van der Waals surface area (Å²) in [6.07, 6.45) is -4.76.